The Morgan fingerprint density at radius 2 is 2.09 bits per heavy atom. The molecule has 1 amide bonds. The number of hydrogen-bond acceptors (Lipinski definition) is 4. The maximum atomic E-state index is 13.6. The molecule has 0 atom stereocenters. The van der Waals surface area contributed by atoms with Crippen LogP contribution in [0.15, 0.2) is 40.9 Å². The largest absolute Gasteiger partial charge is 0.477 e. The number of nitro benzene ring substituents is 1. The van der Waals surface area contributed by atoms with E-state index in [9.17, 15) is 19.3 Å². The van der Waals surface area contributed by atoms with E-state index >= 15 is 0 Å². The molecular weight excluding hydrogens is 371 g/mol. The molecule has 0 aliphatic carbocycles. The zero-order chi connectivity index (χ0) is 17.0. The van der Waals surface area contributed by atoms with Crippen LogP contribution in [-0.2, 0) is 4.79 Å². The summed E-state index contributed by atoms with van der Waals surface area (Å²) >= 11 is 3.11. The van der Waals surface area contributed by atoms with Gasteiger partial charge < -0.3 is 10.1 Å². The first-order chi connectivity index (χ1) is 10.9. The van der Waals surface area contributed by atoms with Crippen LogP contribution in [0.4, 0.5) is 15.8 Å². The molecule has 0 bridgehead atoms. The highest BCUT2D eigenvalue weighted by Crippen LogP contribution is 2.27. The fraction of sp³-hybridized carbons (Fsp3) is 0.133. The zero-order valence-corrected chi connectivity index (χ0v) is 13.6. The Morgan fingerprint density at radius 1 is 1.35 bits per heavy atom. The van der Waals surface area contributed by atoms with Crippen LogP contribution in [0.5, 0.6) is 5.75 Å². The maximum Gasteiger partial charge on any atom is 0.310 e. The first-order valence-corrected chi connectivity index (χ1v) is 7.29. The van der Waals surface area contributed by atoms with Crippen LogP contribution >= 0.6 is 15.9 Å². The Morgan fingerprint density at radius 3 is 2.74 bits per heavy atom. The Kier molecular flexibility index (Phi) is 5.28. The summed E-state index contributed by atoms with van der Waals surface area (Å²) in [6, 6.07) is 8.52. The van der Waals surface area contributed by atoms with Gasteiger partial charge in [-0.1, -0.05) is 22.0 Å². The third-order valence-corrected chi connectivity index (χ3v) is 3.37. The van der Waals surface area contributed by atoms with E-state index in [0.717, 1.165) is 5.56 Å². The molecule has 2 rings (SSSR count). The van der Waals surface area contributed by atoms with Gasteiger partial charge in [0.25, 0.3) is 5.91 Å². The van der Waals surface area contributed by atoms with Gasteiger partial charge in [0.15, 0.2) is 12.4 Å². The fourth-order valence-electron chi connectivity index (χ4n) is 1.81. The lowest BCUT2D eigenvalue weighted by atomic mass is 10.2. The molecule has 0 aliphatic heterocycles. The minimum atomic E-state index is -0.623. The number of nitrogens with one attached hydrogen (secondary N) is 1. The predicted octanol–water partition coefficient (Wildman–Crippen LogP) is 3.82. The molecule has 0 saturated heterocycles. The van der Waals surface area contributed by atoms with Gasteiger partial charge in [-0.2, -0.15) is 0 Å². The summed E-state index contributed by atoms with van der Waals surface area (Å²) in [6.45, 7) is 1.27. The summed E-state index contributed by atoms with van der Waals surface area (Å²) in [7, 11) is 0. The molecule has 0 radical (unpaired) electrons. The number of halogens is 2. The number of benzene rings is 2. The van der Waals surface area contributed by atoms with Crippen molar-refractivity contribution in [1.29, 1.82) is 0 Å². The summed E-state index contributed by atoms with van der Waals surface area (Å²) in [5, 5.41) is 13.3. The molecule has 0 heterocycles. The van der Waals surface area contributed by atoms with Gasteiger partial charge in [0.2, 0.25) is 0 Å². The third kappa shape index (κ3) is 4.49. The van der Waals surface area contributed by atoms with Crippen LogP contribution in [0.25, 0.3) is 0 Å². The molecule has 2 aromatic rings. The topological polar surface area (TPSA) is 81.5 Å². The van der Waals surface area contributed by atoms with Crippen molar-refractivity contribution in [2.45, 2.75) is 6.92 Å². The highest BCUT2D eigenvalue weighted by atomic mass is 79.9. The summed E-state index contributed by atoms with van der Waals surface area (Å²) in [5.41, 5.74) is 0.517. The van der Waals surface area contributed by atoms with Gasteiger partial charge in [0, 0.05) is 10.5 Å². The summed E-state index contributed by atoms with van der Waals surface area (Å²) < 4.78 is 19.4. The maximum absolute atomic E-state index is 13.6. The van der Waals surface area contributed by atoms with Crippen LogP contribution in [0.1, 0.15) is 5.56 Å². The predicted molar refractivity (Wildman–Crippen MR) is 86.1 cm³/mol. The molecule has 2 aromatic carbocycles. The second kappa shape index (κ2) is 7.19. The molecular formula is C15H12BrFN2O4. The van der Waals surface area contributed by atoms with Crippen molar-refractivity contribution in [3.63, 3.8) is 0 Å². The number of anilines is 1. The molecule has 0 aliphatic rings. The van der Waals surface area contributed by atoms with Crippen molar-refractivity contribution in [3.05, 3.63) is 62.4 Å². The summed E-state index contributed by atoms with van der Waals surface area (Å²) in [6.07, 6.45) is 0. The number of ether oxygens (including phenoxy) is 1. The molecule has 0 aromatic heterocycles. The van der Waals surface area contributed by atoms with Gasteiger partial charge in [0.1, 0.15) is 5.82 Å². The van der Waals surface area contributed by atoms with Crippen molar-refractivity contribution in [3.8, 4) is 5.75 Å². The SMILES string of the molecule is Cc1ccc([N+](=O)[O-])c(OCC(=O)Nc2ccc(Br)cc2F)c1. The Balaban J connectivity index is 2.05. The van der Waals surface area contributed by atoms with Crippen molar-refractivity contribution >= 4 is 33.2 Å². The lowest BCUT2D eigenvalue weighted by molar-refractivity contribution is -0.385. The molecule has 120 valence electrons. The average Bonchev–Trinajstić information content (AvgIpc) is 2.48. The summed E-state index contributed by atoms with van der Waals surface area (Å²) in [5.74, 6) is -1.24. The van der Waals surface area contributed by atoms with E-state index in [4.69, 9.17) is 4.74 Å². The second-order valence-corrected chi connectivity index (χ2v) is 5.60. The van der Waals surface area contributed by atoms with E-state index in [0.29, 0.717) is 4.47 Å². The van der Waals surface area contributed by atoms with Crippen LogP contribution in [0, 0.1) is 22.9 Å². The fourth-order valence-corrected chi connectivity index (χ4v) is 2.14. The quantitative estimate of drug-likeness (QED) is 0.629. The van der Waals surface area contributed by atoms with Gasteiger partial charge in [-0.25, -0.2) is 4.39 Å². The van der Waals surface area contributed by atoms with Gasteiger partial charge in [0.05, 0.1) is 10.6 Å². The van der Waals surface area contributed by atoms with E-state index in [1.165, 1.54) is 24.3 Å². The van der Waals surface area contributed by atoms with Gasteiger partial charge in [-0.05, 0) is 36.8 Å². The standard InChI is InChI=1S/C15H12BrFN2O4/c1-9-2-5-13(19(21)22)14(6-9)23-8-15(20)18-12-4-3-10(16)7-11(12)17/h2-7H,8H2,1H3,(H,18,20). The van der Waals surface area contributed by atoms with E-state index in [1.807, 2.05) is 0 Å². The normalized spacial score (nSPS) is 10.2. The number of amides is 1. The van der Waals surface area contributed by atoms with E-state index in [2.05, 4.69) is 21.2 Å². The van der Waals surface area contributed by atoms with Crippen LogP contribution < -0.4 is 10.1 Å². The molecule has 8 heteroatoms. The molecule has 23 heavy (non-hydrogen) atoms. The number of carbonyl (C=O) groups is 1. The smallest absolute Gasteiger partial charge is 0.310 e. The Bertz CT molecular complexity index is 767. The second-order valence-electron chi connectivity index (χ2n) is 4.69. The molecule has 1 N–H and O–H groups in total. The number of nitrogens with zero attached hydrogens (tertiary/aromatic N) is 1. The van der Waals surface area contributed by atoms with Gasteiger partial charge in [-0.15, -0.1) is 0 Å². The lowest BCUT2D eigenvalue weighted by Gasteiger charge is -2.09. The minimum Gasteiger partial charge on any atom is -0.477 e. The van der Waals surface area contributed by atoms with Gasteiger partial charge >= 0.3 is 5.69 Å². The Labute approximate surface area is 139 Å². The average molecular weight is 383 g/mol. The Hall–Kier alpha value is -2.48. The van der Waals surface area contributed by atoms with Crippen molar-refractivity contribution in [2.24, 2.45) is 0 Å². The van der Waals surface area contributed by atoms with Crippen LogP contribution in [0.2, 0.25) is 0 Å². The third-order valence-electron chi connectivity index (χ3n) is 2.88. The van der Waals surface area contributed by atoms with E-state index in [-0.39, 0.29) is 17.1 Å². The van der Waals surface area contributed by atoms with E-state index < -0.39 is 23.3 Å². The monoisotopic (exact) mass is 382 g/mol. The highest BCUT2D eigenvalue weighted by Gasteiger charge is 2.16. The molecule has 0 unspecified atom stereocenters. The first-order valence-electron chi connectivity index (χ1n) is 6.49. The first kappa shape index (κ1) is 16.9. The molecule has 0 spiro atoms. The zero-order valence-electron chi connectivity index (χ0n) is 12.0. The molecule has 0 saturated carbocycles. The van der Waals surface area contributed by atoms with Crippen molar-refractivity contribution < 1.29 is 18.8 Å². The molecule has 0 fully saturated rings. The van der Waals surface area contributed by atoms with Crippen LogP contribution in [-0.4, -0.2) is 17.4 Å². The number of carbonyl (C=O) groups excluding carboxylic acids is 1. The lowest BCUT2D eigenvalue weighted by Crippen LogP contribution is -2.21. The minimum absolute atomic E-state index is 0.000502. The number of hydrogen-bond donors (Lipinski definition) is 1. The van der Waals surface area contributed by atoms with Crippen molar-refractivity contribution in [1.82, 2.24) is 0 Å². The molecule has 6 nitrogen and oxygen atoms in total. The number of nitro groups is 1. The highest BCUT2D eigenvalue weighted by molar-refractivity contribution is 9.10. The van der Waals surface area contributed by atoms with Gasteiger partial charge in [-0.3, -0.25) is 14.9 Å². The summed E-state index contributed by atoms with van der Waals surface area (Å²) in [4.78, 5) is 22.1. The van der Waals surface area contributed by atoms with E-state index in [1.54, 1.807) is 19.1 Å². The number of aryl methyl sites for hydroxylation is 1. The van der Waals surface area contributed by atoms with Crippen molar-refractivity contribution in [2.75, 3.05) is 11.9 Å². The number of rotatable bonds is 5. The van der Waals surface area contributed by atoms with Crippen LogP contribution in [0.3, 0.4) is 0 Å².